The van der Waals surface area contributed by atoms with Gasteiger partial charge in [0.2, 0.25) is 0 Å². The molecular weight excluding hydrogens is 210 g/mol. The van der Waals surface area contributed by atoms with E-state index >= 15 is 0 Å². The van der Waals surface area contributed by atoms with E-state index in [1.165, 1.54) is 37.6 Å². The molecule has 1 aliphatic rings. The molecule has 0 aromatic carbocycles. The fraction of sp³-hybridized carbons (Fsp3) is 0.833. The highest BCUT2D eigenvalue weighted by atomic mass is 35.5. The van der Waals surface area contributed by atoms with E-state index in [1.54, 1.807) is 0 Å². The fourth-order valence-electron chi connectivity index (χ4n) is 2.01. The summed E-state index contributed by atoms with van der Waals surface area (Å²) in [5.41, 5.74) is 1.52. The summed E-state index contributed by atoms with van der Waals surface area (Å²) in [5.74, 6) is 0. The zero-order valence-electron chi connectivity index (χ0n) is 9.55. The summed E-state index contributed by atoms with van der Waals surface area (Å²) < 4.78 is 5.68. The zero-order chi connectivity index (χ0) is 10.9. The fourth-order valence-corrected chi connectivity index (χ4v) is 2.08. The van der Waals surface area contributed by atoms with Crippen molar-refractivity contribution in [3.05, 3.63) is 11.6 Å². The first-order valence-electron chi connectivity index (χ1n) is 5.97. The zero-order valence-corrected chi connectivity index (χ0v) is 10.3. The molecule has 0 spiro atoms. The summed E-state index contributed by atoms with van der Waals surface area (Å²) in [5, 5.41) is 3.57. The average Bonchev–Trinajstić information content (AvgIpc) is 2.28. The van der Waals surface area contributed by atoms with E-state index in [2.05, 4.69) is 12.2 Å². The Morgan fingerprint density at radius 3 is 2.67 bits per heavy atom. The van der Waals surface area contributed by atoms with Crippen molar-refractivity contribution in [2.75, 3.05) is 13.2 Å². The lowest BCUT2D eigenvalue weighted by Gasteiger charge is -2.28. The molecule has 0 aromatic rings. The molecule has 0 saturated heterocycles. The summed E-state index contributed by atoms with van der Waals surface area (Å²) in [4.78, 5) is 0. The van der Waals surface area contributed by atoms with E-state index in [0.717, 1.165) is 6.54 Å². The van der Waals surface area contributed by atoms with Crippen LogP contribution in [0, 0.1) is 0 Å². The van der Waals surface area contributed by atoms with Crippen LogP contribution in [0.4, 0.5) is 0 Å². The van der Waals surface area contributed by atoms with Gasteiger partial charge in [0.25, 0.3) is 0 Å². The summed E-state index contributed by atoms with van der Waals surface area (Å²) in [6.45, 7) is 4.01. The number of ether oxygens (including phenoxy) is 1. The number of hydrogen-bond acceptors (Lipinski definition) is 2. The van der Waals surface area contributed by atoms with Crippen molar-refractivity contribution in [1.29, 1.82) is 0 Å². The lowest BCUT2D eigenvalue weighted by Crippen LogP contribution is -2.35. The highest BCUT2D eigenvalue weighted by Gasteiger charge is 2.20. The second-order valence-electron chi connectivity index (χ2n) is 4.12. The van der Waals surface area contributed by atoms with E-state index in [-0.39, 0.29) is 0 Å². The van der Waals surface area contributed by atoms with Gasteiger partial charge < -0.3 is 10.1 Å². The van der Waals surface area contributed by atoms with Gasteiger partial charge in [-0.25, -0.2) is 0 Å². The molecule has 3 heteroatoms. The Labute approximate surface area is 98.0 Å². The molecule has 1 fully saturated rings. The average molecular weight is 232 g/mol. The Kier molecular flexibility index (Phi) is 7.07. The van der Waals surface area contributed by atoms with Crippen LogP contribution in [0.25, 0.3) is 0 Å². The van der Waals surface area contributed by atoms with Gasteiger partial charge in [0, 0.05) is 11.6 Å². The molecule has 1 rings (SSSR count). The number of halogens is 1. The summed E-state index contributed by atoms with van der Waals surface area (Å²) >= 11 is 5.43. The van der Waals surface area contributed by atoms with Gasteiger partial charge in [0.05, 0.1) is 12.7 Å². The molecule has 0 radical (unpaired) electrons. The second-order valence-corrected chi connectivity index (χ2v) is 4.37. The molecule has 88 valence electrons. The van der Waals surface area contributed by atoms with Crippen LogP contribution in [0.15, 0.2) is 11.6 Å². The molecule has 1 N–H and O–H groups in total. The van der Waals surface area contributed by atoms with Crippen LogP contribution in [0.1, 0.15) is 39.0 Å². The number of hydrogen-bond donors (Lipinski definition) is 1. The molecule has 0 heterocycles. The predicted octanol–water partition coefficient (Wildman–Crippen LogP) is 3.07. The minimum atomic E-state index is 0.442. The second kappa shape index (κ2) is 8.14. The Morgan fingerprint density at radius 1 is 1.33 bits per heavy atom. The van der Waals surface area contributed by atoms with Gasteiger partial charge in [0.1, 0.15) is 0 Å². The maximum atomic E-state index is 5.68. The lowest BCUT2D eigenvalue weighted by molar-refractivity contribution is 0.0397. The minimum Gasteiger partial charge on any atom is -0.374 e. The summed E-state index contributed by atoms with van der Waals surface area (Å²) in [6.07, 6.45) is 8.36. The Hall–Kier alpha value is -0.0500. The van der Waals surface area contributed by atoms with Crippen molar-refractivity contribution in [3.8, 4) is 0 Å². The van der Waals surface area contributed by atoms with Gasteiger partial charge in [-0.1, -0.05) is 18.5 Å². The molecule has 0 aromatic heterocycles. The quantitative estimate of drug-likeness (QED) is 0.759. The van der Waals surface area contributed by atoms with Gasteiger partial charge in [-0.3, -0.25) is 0 Å². The highest BCUT2D eigenvalue weighted by molar-refractivity contribution is 6.25. The first-order chi connectivity index (χ1) is 7.36. The molecule has 0 bridgehead atoms. The third-order valence-corrected chi connectivity index (χ3v) is 3.05. The van der Waals surface area contributed by atoms with Gasteiger partial charge >= 0.3 is 0 Å². The van der Waals surface area contributed by atoms with Crippen molar-refractivity contribution in [2.24, 2.45) is 0 Å². The first kappa shape index (κ1) is 13.0. The van der Waals surface area contributed by atoms with E-state index in [0.29, 0.717) is 18.8 Å². The Morgan fingerprint density at radius 2 is 2.07 bits per heavy atom. The molecule has 1 saturated carbocycles. The number of nitrogens with one attached hydrogen (secondary N) is 1. The third-order valence-electron chi connectivity index (χ3n) is 2.87. The van der Waals surface area contributed by atoms with Crippen molar-refractivity contribution < 1.29 is 4.74 Å². The normalized spacial score (nSPS) is 27.3. The van der Waals surface area contributed by atoms with Crippen molar-refractivity contribution >= 4 is 11.6 Å². The number of rotatable bonds is 6. The van der Waals surface area contributed by atoms with Gasteiger partial charge in [-0.15, -0.1) is 0 Å². The third kappa shape index (κ3) is 5.55. The van der Waals surface area contributed by atoms with Gasteiger partial charge in [-0.2, -0.15) is 0 Å². The van der Waals surface area contributed by atoms with E-state index in [4.69, 9.17) is 16.3 Å². The SMILES string of the molecule is CCCNC1CCC(OC/C=C/Cl)CC1. The summed E-state index contributed by atoms with van der Waals surface area (Å²) in [6, 6.07) is 0.716. The predicted molar refractivity (Wildman–Crippen MR) is 65.3 cm³/mol. The largest absolute Gasteiger partial charge is 0.374 e. The standard InChI is InChI=1S/C12H22ClNO/c1-2-9-14-11-4-6-12(7-5-11)15-10-3-8-13/h3,8,11-12,14H,2,4-7,9-10H2,1H3/b8-3+. The molecule has 2 nitrogen and oxygen atoms in total. The van der Waals surface area contributed by atoms with Gasteiger partial charge in [-0.05, 0) is 44.7 Å². The van der Waals surface area contributed by atoms with Crippen molar-refractivity contribution in [3.63, 3.8) is 0 Å². The van der Waals surface area contributed by atoms with Gasteiger partial charge in [0.15, 0.2) is 0 Å². The van der Waals surface area contributed by atoms with E-state index in [1.807, 2.05) is 6.08 Å². The highest BCUT2D eigenvalue weighted by Crippen LogP contribution is 2.21. The molecule has 0 atom stereocenters. The molecular formula is C12H22ClNO. The van der Waals surface area contributed by atoms with Crippen LogP contribution in [0.5, 0.6) is 0 Å². The topological polar surface area (TPSA) is 21.3 Å². The van der Waals surface area contributed by atoms with Crippen LogP contribution in [-0.2, 0) is 4.74 Å². The monoisotopic (exact) mass is 231 g/mol. The molecule has 1 aliphatic carbocycles. The van der Waals surface area contributed by atoms with Crippen LogP contribution in [-0.4, -0.2) is 25.3 Å². The van der Waals surface area contributed by atoms with Crippen LogP contribution >= 0.6 is 11.6 Å². The maximum absolute atomic E-state index is 5.68. The van der Waals surface area contributed by atoms with Crippen molar-refractivity contribution in [1.82, 2.24) is 5.32 Å². The van der Waals surface area contributed by atoms with E-state index in [9.17, 15) is 0 Å². The molecule has 0 amide bonds. The van der Waals surface area contributed by atoms with Crippen LogP contribution in [0.2, 0.25) is 0 Å². The minimum absolute atomic E-state index is 0.442. The molecule has 0 aliphatic heterocycles. The van der Waals surface area contributed by atoms with Crippen molar-refractivity contribution in [2.45, 2.75) is 51.2 Å². The lowest BCUT2D eigenvalue weighted by atomic mass is 9.93. The van der Waals surface area contributed by atoms with E-state index < -0.39 is 0 Å². The van der Waals surface area contributed by atoms with Crippen LogP contribution < -0.4 is 5.32 Å². The molecule has 15 heavy (non-hydrogen) atoms. The summed E-state index contributed by atoms with van der Waals surface area (Å²) in [7, 11) is 0. The smallest absolute Gasteiger partial charge is 0.0662 e. The Balaban J connectivity index is 2.07. The Bertz CT molecular complexity index is 176. The maximum Gasteiger partial charge on any atom is 0.0662 e. The van der Waals surface area contributed by atoms with Crippen LogP contribution in [0.3, 0.4) is 0 Å². The first-order valence-corrected chi connectivity index (χ1v) is 6.40. The molecule has 0 unspecified atom stereocenters.